The van der Waals surface area contributed by atoms with Crippen LogP contribution in [0, 0.1) is 5.82 Å². The van der Waals surface area contributed by atoms with E-state index in [1.165, 1.54) is 29.2 Å². The van der Waals surface area contributed by atoms with Gasteiger partial charge >= 0.3 is 0 Å². The Kier molecular flexibility index (Phi) is 5.29. The zero-order valence-corrected chi connectivity index (χ0v) is 17.1. The molecule has 0 spiro atoms. The lowest BCUT2D eigenvalue weighted by atomic mass is 10.2. The van der Waals surface area contributed by atoms with Crippen LogP contribution in [0.5, 0.6) is 0 Å². The van der Waals surface area contributed by atoms with Crippen LogP contribution in [0.3, 0.4) is 0 Å². The fraction of sp³-hybridized carbons (Fsp3) is 0. The Hall–Kier alpha value is -2.12. The third-order valence-electron chi connectivity index (χ3n) is 3.98. The van der Waals surface area contributed by atoms with Crippen LogP contribution in [0.15, 0.2) is 63.9 Å². The molecule has 1 aliphatic heterocycles. The van der Waals surface area contributed by atoms with Crippen molar-refractivity contribution in [2.24, 2.45) is 0 Å². The molecule has 8 heteroatoms. The molecule has 140 valence electrons. The van der Waals surface area contributed by atoms with Crippen molar-refractivity contribution in [1.29, 1.82) is 0 Å². The van der Waals surface area contributed by atoms with Gasteiger partial charge < -0.3 is 4.42 Å². The first kappa shape index (κ1) is 19.2. The van der Waals surface area contributed by atoms with Gasteiger partial charge in [0.25, 0.3) is 5.91 Å². The Morgan fingerprint density at radius 2 is 1.79 bits per heavy atom. The molecule has 0 bridgehead atoms. The number of hydrogen-bond donors (Lipinski definition) is 0. The summed E-state index contributed by atoms with van der Waals surface area (Å²) in [5.41, 5.74) is 1.29. The lowest BCUT2D eigenvalue weighted by Crippen LogP contribution is -2.27. The van der Waals surface area contributed by atoms with E-state index >= 15 is 0 Å². The lowest BCUT2D eigenvalue weighted by molar-refractivity contribution is -0.113. The van der Waals surface area contributed by atoms with Crippen molar-refractivity contribution >= 4 is 69.2 Å². The van der Waals surface area contributed by atoms with Crippen LogP contribution in [-0.4, -0.2) is 10.2 Å². The molecular weight excluding hydrogens is 440 g/mol. The molecule has 3 aromatic rings. The van der Waals surface area contributed by atoms with E-state index in [0.29, 0.717) is 36.5 Å². The lowest BCUT2D eigenvalue weighted by Gasteiger charge is -2.14. The average Bonchev–Trinajstić information content (AvgIpc) is 3.24. The van der Waals surface area contributed by atoms with Gasteiger partial charge in [0.05, 0.1) is 20.6 Å². The van der Waals surface area contributed by atoms with E-state index in [2.05, 4.69) is 0 Å². The number of thioether (sulfide) groups is 1. The van der Waals surface area contributed by atoms with Crippen LogP contribution in [0.1, 0.15) is 5.76 Å². The molecule has 0 radical (unpaired) electrons. The van der Waals surface area contributed by atoms with Crippen LogP contribution < -0.4 is 4.90 Å². The second-order valence-electron chi connectivity index (χ2n) is 5.82. The molecule has 1 amide bonds. The number of halogens is 3. The van der Waals surface area contributed by atoms with Gasteiger partial charge in [0.15, 0.2) is 4.32 Å². The maximum absolute atomic E-state index is 13.1. The summed E-state index contributed by atoms with van der Waals surface area (Å²) in [6.45, 7) is 0. The highest BCUT2D eigenvalue weighted by Crippen LogP contribution is 2.37. The topological polar surface area (TPSA) is 33.5 Å². The van der Waals surface area contributed by atoms with E-state index < -0.39 is 0 Å². The van der Waals surface area contributed by atoms with E-state index in [1.807, 2.05) is 0 Å². The first-order valence-electron chi connectivity index (χ1n) is 8.01. The molecule has 0 unspecified atom stereocenters. The summed E-state index contributed by atoms with van der Waals surface area (Å²) < 4.78 is 19.3. The van der Waals surface area contributed by atoms with Crippen molar-refractivity contribution in [3.05, 3.63) is 81.1 Å². The highest BCUT2D eigenvalue weighted by atomic mass is 35.5. The normalized spacial score (nSPS) is 15.7. The van der Waals surface area contributed by atoms with Crippen LogP contribution in [-0.2, 0) is 4.79 Å². The van der Waals surface area contributed by atoms with Gasteiger partial charge in [-0.2, -0.15) is 0 Å². The standard InChI is InChI=1S/C20H10Cl2FNO2S2/c21-15-7-1-11(9-16(15)22)17-8-6-14(26-17)10-18-19(25)24(20(27)28-18)13-4-2-12(23)3-5-13/h1-10H/b18-10-. The Labute approximate surface area is 179 Å². The van der Waals surface area contributed by atoms with Crippen molar-refractivity contribution in [2.75, 3.05) is 4.90 Å². The van der Waals surface area contributed by atoms with E-state index in [9.17, 15) is 9.18 Å². The monoisotopic (exact) mass is 449 g/mol. The van der Waals surface area contributed by atoms with Gasteiger partial charge in [-0.1, -0.05) is 47.2 Å². The summed E-state index contributed by atoms with van der Waals surface area (Å²) in [6, 6.07) is 14.3. The van der Waals surface area contributed by atoms with Crippen LogP contribution in [0.4, 0.5) is 10.1 Å². The molecule has 1 fully saturated rings. The molecule has 2 heterocycles. The smallest absolute Gasteiger partial charge is 0.270 e. The van der Waals surface area contributed by atoms with E-state index in [4.69, 9.17) is 39.8 Å². The SMILES string of the molecule is O=C1/C(=C/c2ccc(-c3ccc(Cl)c(Cl)c3)o2)SC(=S)N1c1ccc(F)cc1. The van der Waals surface area contributed by atoms with Crippen molar-refractivity contribution in [3.8, 4) is 11.3 Å². The predicted molar refractivity (Wildman–Crippen MR) is 116 cm³/mol. The fourth-order valence-electron chi connectivity index (χ4n) is 2.64. The number of furan rings is 1. The summed E-state index contributed by atoms with van der Waals surface area (Å²) in [4.78, 5) is 14.5. The second kappa shape index (κ2) is 7.72. The van der Waals surface area contributed by atoms with Gasteiger partial charge in [-0.25, -0.2) is 4.39 Å². The Morgan fingerprint density at radius 3 is 2.50 bits per heavy atom. The molecule has 1 aromatic heterocycles. The van der Waals surface area contributed by atoms with Gasteiger partial charge in [0.1, 0.15) is 17.3 Å². The Bertz CT molecular complexity index is 1130. The summed E-state index contributed by atoms with van der Waals surface area (Å²) in [7, 11) is 0. The Balaban J connectivity index is 1.60. The summed E-state index contributed by atoms with van der Waals surface area (Å²) in [6.07, 6.45) is 1.63. The molecular formula is C20H10Cl2FNO2S2. The number of hydrogen-bond acceptors (Lipinski definition) is 4. The van der Waals surface area contributed by atoms with Gasteiger partial charge in [-0.3, -0.25) is 9.69 Å². The minimum absolute atomic E-state index is 0.283. The largest absolute Gasteiger partial charge is 0.457 e. The number of nitrogens with zero attached hydrogens (tertiary/aromatic N) is 1. The van der Waals surface area contributed by atoms with Gasteiger partial charge in [-0.15, -0.1) is 0 Å². The van der Waals surface area contributed by atoms with Gasteiger partial charge in [0.2, 0.25) is 0 Å². The molecule has 0 N–H and O–H groups in total. The minimum atomic E-state index is -0.379. The fourth-order valence-corrected chi connectivity index (χ4v) is 4.22. The predicted octanol–water partition coefficient (Wildman–Crippen LogP) is 6.80. The van der Waals surface area contributed by atoms with Crippen LogP contribution >= 0.6 is 47.2 Å². The third kappa shape index (κ3) is 3.73. The zero-order chi connectivity index (χ0) is 19.8. The first-order chi connectivity index (χ1) is 13.4. The quantitative estimate of drug-likeness (QED) is 0.325. The van der Waals surface area contributed by atoms with Crippen molar-refractivity contribution in [2.45, 2.75) is 0 Å². The van der Waals surface area contributed by atoms with Crippen molar-refractivity contribution in [1.82, 2.24) is 0 Å². The third-order valence-corrected chi connectivity index (χ3v) is 6.02. The minimum Gasteiger partial charge on any atom is -0.457 e. The van der Waals surface area contributed by atoms with E-state index in [0.717, 1.165) is 17.3 Å². The second-order valence-corrected chi connectivity index (χ2v) is 8.31. The molecule has 2 aromatic carbocycles. The van der Waals surface area contributed by atoms with Crippen LogP contribution in [0.25, 0.3) is 17.4 Å². The maximum Gasteiger partial charge on any atom is 0.270 e. The summed E-state index contributed by atoms with van der Waals surface area (Å²) in [5.74, 6) is 0.434. The molecule has 1 aliphatic rings. The summed E-state index contributed by atoms with van der Waals surface area (Å²) in [5, 5.41) is 0.888. The first-order valence-corrected chi connectivity index (χ1v) is 9.99. The number of carbonyl (C=O) groups excluding carboxylic acids is 1. The number of rotatable bonds is 3. The number of thiocarbonyl (C=S) groups is 1. The molecule has 28 heavy (non-hydrogen) atoms. The van der Waals surface area contributed by atoms with E-state index in [-0.39, 0.29) is 11.7 Å². The van der Waals surface area contributed by atoms with E-state index in [1.54, 1.807) is 36.4 Å². The maximum atomic E-state index is 13.1. The molecule has 0 saturated carbocycles. The van der Waals surface area contributed by atoms with Gasteiger partial charge in [-0.05, 0) is 54.6 Å². The van der Waals surface area contributed by atoms with Crippen molar-refractivity contribution < 1.29 is 13.6 Å². The molecule has 0 aliphatic carbocycles. The number of benzene rings is 2. The number of amides is 1. The summed E-state index contributed by atoms with van der Waals surface area (Å²) >= 11 is 18.5. The molecule has 0 atom stereocenters. The zero-order valence-electron chi connectivity index (χ0n) is 14.0. The highest BCUT2D eigenvalue weighted by molar-refractivity contribution is 8.27. The van der Waals surface area contributed by atoms with Crippen molar-refractivity contribution in [3.63, 3.8) is 0 Å². The van der Waals surface area contributed by atoms with Gasteiger partial charge in [0, 0.05) is 11.6 Å². The van der Waals surface area contributed by atoms with Crippen LogP contribution in [0.2, 0.25) is 10.0 Å². The number of carbonyl (C=O) groups is 1. The average molecular weight is 450 g/mol. The molecule has 4 rings (SSSR count). The molecule has 3 nitrogen and oxygen atoms in total. The Morgan fingerprint density at radius 1 is 1.04 bits per heavy atom. The molecule has 1 saturated heterocycles. The number of anilines is 1. The highest BCUT2D eigenvalue weighted by Gasteiger charge is 2.33.